The average molecular weight is 436 g/mol. The number of sulfonamides is 1. The third-order valence-corrected chi connectivity index (χ3v) is 7.08. The van der Waals surface area contributed by atoms with Crippen LogP contribution in [0.15, 0.2) is 53.7 Å². The van der Waals surface area contributed by atoms with E-state index in [1.807, 2.05) is 30.0 Å². The fourth-order valence-corrected chi connectivity index (χ4v) is 5.09. The summed E-state index contributed by atoms with van der Waals surface area (Å²) in [7, 11) is -4.03. The standard InChI is InChI=1S/C20H19F3N4O2S/c1-14-4-2-7-17-18(14)19(25-13-24-17)26-8-10-27(11-9-26)30(28,29)16-6-3-5-15(12-16)20(21,22)23/h2-7,12-13H,8-11H2,1H3. The SMILES string of the molecule is Cc1cccc2ncnc(N3CCN(S(=O)(=O)c4cccc(C(F)(F)F)c4)CC3)c12. The topological polar surface area (TPSA) is 66.4 Å². The van der Waals surface area contributed by atoms with Crippen LogP contribution in [-0.4, -0.2) is 48.9 Å². The molecule has 1 aliphatic rings. The minimum absolute atomic E-state index is 0.149. The number of anilines is 1. The van der Waals surface area contributed by atoms with Gasteiger partial charge in [0.25, 0.3) is 0 Å². The quantitative estimate of drug-likeness (QED) is 0.629. The lowest BCUT2D eigenvalue weighted by molar-refractivity contribution is -0.137. The highest BCUT2D eigenvalue weighted by molar-refractivity contribution is 7.89. The molecule has 30 heavy (non-hydrogen) atoms. The first-order valence-corrected chi connectivity index (χ1v) is 10.7. The summed E-state index contributed by atoms with van der Waals surface area (Å²) in [5.41, 5.74) is 0.839. The molecule has 0 bridgehead atoms. The molecule has 0 saturated carbocycles. The van der Waals surface area contributed by atoms with Crippen molar-refractivity contribution in [3.63, 3.8) is 0 Å². The largest absolute Gasteiger partial charge is 0.416 e. The van der Waals surface area contributed by atoms with Crippen molar-refractivity contribution in [2.45, 2.75) is 18.0 Å². The lowest BCUT2D eigenvalue weighted by Gasteiger charge is -2.35. The van der Waals surface area contributed by atoms with Gasteiger partial charge in [-0.1, -0.05) is 18.2 Å². The van der Waals surface area contributed by atoms with Gasteiger partial charge in [0, 0.05) is 31.6 Å². The fourth-order valence-electron chi connectivity index (χ4n) is 3.62. The fraction of sp³-hybridized carbons (Fsp3) is 0.300. The summed E-state index contributed by atoms with van der Waals surface area (Å²) in [5, 5.41) is 0.911. The second-order valence-corrected chi connectivity index (χ2v) is 9.02. The molecule has 0 N–H and O–H groups in total. The van der Waals surface area contributed by atoms with E-state index >= 15 is 0 Å². The Kier molecular flexibility index (Phi) is 5.15. The van der Waals surface area contributed by atoms with Gasteiger partial charge in [0.1, 0.15) is 12.1 Å². The first kappa shape index (κ1) is 20.5. The maximum Gasteiger partial charge on any atom is 0.416 e. The number of piperazine rings is 1. The first-order valence-electron chi connectivity index (χ1n) is 9.30. The van der Waals surface area contributed by atoms with Crippen LogP contribution in [-0.2, 0) is 16.2 Å². The van der Waals surface area contributed by atoms with Crippen LogP contribution in [0.2, 0.25) is 0 Å². The molecule has 1 aliphatic heterocycles. The Labute approximate surface area is 172 Å². The monoisotopic (exact) mass is 436 g/mol. The van der Waals surface area contributed by atoms with Crippen molar-refractivity contribution in [3.8, 4) is 0 Å². The number of rotatable bonds is 3. The van der Waals surface area contributed by atoms with Crippen molar-refractivity contribution in [1.29, 1.82) is 0 Å². The van der Waals surface area contributed by atoms with Crippen molar-refractivity contribution >= 4 is 26.7 Å². The van der Waals surface area contributed by atoms with Crippen molar-refractivity contribution in [2.75, 3.05) is 31.1 Å². The van der Waals surface area contributed by atoms with Gasteiger partial charge in [-0.3, -0.25) is 0 Å². The number of aryl methyl sites for hydroxylation is 1. The summed E-state index contributed by atoms with van der Waals surface area (Å²) in [6.45, 7) is 3.01. The smallest absolute Gasteiger partial charge is 0.353 e. The summed E-state index contributed by atoms with van der Waals surface area (Å²) < 4.78 is 65.9. The maximum absolute atomic E-state index is 13.0. The zero-order valence-electron chi connectivity index (χ0n) is 16.1. The normalized spacial score (nSPS) is 16.2. The molecule has 6 nitrogen and oxygen atoms in total. The molecule has 158 valence electrons. The number of hydrogen-bond acceptors (Lipinski definition) is 5. The first-order chi connectivity index (χ1) is 14.2. The van der Waals surface area contributed by atoms with E-state index < -0.39 is 21.8 Å². The molecular weight excluding hydrogens is 417 g/mol. The number of fused-ring (bicyclic) bond motifs is 1. The van der Waals surface area contributed by atoms with Crippen molar-refractivity contribution in [1.82, 2.24) is 14.3 Å². The molecule has 2 aromatic carbocycles. The Morgan fingerprint density at radius 3 is 2.37 bits per heavy atom. The number of nitrogens with zero attached hydrogens (tertiary/aromatic N) is 4. The van der Waals surface area contributed by atoms with Crippen molar-refractivity contribution in [3.05, 3.63) is 59.9 Å². The molecule has 0 aliphatic carbocycles. The molecule has 0 atom stereocenters. The molecule has 2 heterocycles. The van der Waals surface area contributed by atoms with Crippen molar-refractivity contribution in [2.24, 2.45) is 0 Å². The van der Waals surface area contributed by atoms with E-state index in [0.29, 0.717) is 19.2 Å². The number of benzene rings is 2. The predicted molar refractivity (Wildman–Crippen MR) is 107 cm³/mol. The van der Waals surface area contributed by atoms with Gasteiger partial charge in [-0.2, -0.15) is 17.5 Å². The molecular formula is C20H19F3N4O2S. The number of aromatic nitrogens is 2. The lowest BCUT2D eigenvalue weighted by atomic mass is 10.1. The Balaban J connectivity index is 1.57. The molecule has 0 radical (unpaired) electrons. The number of halogens is 3. The average Bonchev–Trinajstić information content (AvgIpc) is 2.73. The Bertz CT molecular complexity index is 1180. The molecule has 0 amide bonds. The van der Waals surface area contributed by atoms with E-state index in [0.717, 1.165) is 34.4 Å². The van der Waals surface area contributed by atoms with Crippen LogP contribution >= 0.6 is 0 Å². The van der Waals surface area contributed by atoms with Crippen LogP contribution in [0, 0.1) is 6.92 Å². The van der Waals surface area contributed by atoms with E-state index in [2.05, 4.69) is 9.97 Å². The highest BCUT2D eigenvalue weighted by Crippen LogP contribution is 2.32. The maximum atomic E-state index is 13.0. The summed E-state index contributed by atoms with van der Waals surface area (Å²) in [6.07, 6.45) is -3.13. The van der Waals surface area contributed by atoms with Gasteiger partial charge in [-0.15, -0.1) is 0 Å². The van der Waals surface area contributed by atoms with Gasteiger partial charge in [0.15, 0.2) is 0 Å². The highest BCUT2D eigenvalue weighted by Gasteiger charge is 2.34. The highest BCUT2D eigenvalue weighted by atomic mass is 32.2. The molecule has 4 rings (SSSR count). The van der Waals surface area contributed by atoms with Crippen LogP contribution < -0.4 is 4.90 Å². The zero-order valence-corrected chi connectivity index (χ0v) is 16.9. The van der Waals surface area contributed by atoms with Crippen molar-refractivity contribution < 1.29 is 21.6 Å². The van der Waals surface area contributed by atoms with E-state index in [-0.39, 0.29) is 18.0 Å². The van der Waals surface area contributed by atoms with Crippen LogP contribution in [0.4, 0.5) is 19.0 Å². The lowest BCUT2D eigenvalue weighted by Crippen LogP contribution is -2.49. The van der Waals surface area contributed by atoms with E-state index in [1.165, 1.54) is 16.7 Å². The molecule has 10 heteroatoms. The second kappa shape index (κ2) is 7.51. The van der Waals surface area contributed by atoms with E-state index in [9.17, 15) is 21.6 Å². The van der Waals surface area contributed by atoms with Gasteiger partial charge in [-0.05, 0) is 36.8 Å². The van der Waals surface area contributed by atoms with Crippen LogP contribution in [0.3, 0.4) is 0 Å². The minimum Gasteiger partial charge on any atom is -0.353 e. The second-order valence-electron chi connectivity index (χ2n) is 7.08. The zero-order chi connectivity index (χ0) is 21.5. The van der Waals surface area contributed by atoms with Gasteiger partial charge >= 0.3 is 6.18 Å². The van der Waals surface area contributed by atoms with Crippen LogP contribution in [0.25, 0.3) is 10.9 Å². The van der Waals surface area contributed by atoms with Gasteiger partial charge in [0.2, 0.25) is 10.0 Å². The summed E-state index contributed by atoms with van der Waals surface area (Å²) in [6, 6.07) is 9.61. The van der Waals surface area contributed by atoms with Crippen LogP contribution in [0.1, 0.15) is 11.1 Å². The molecule has 0 spiro atoms. The predicted octanol–water partition coefficient (Wildman–Crippen LogP) is 3.47. The van der Waals surface area contributed by atoms with Crippen LogP contribution in [0.5, 0.6) is 0 Å². The molecule has 1 fully saturated rings. The number of alkyl halides is 3. The molecule has 3 aromatic rings. The van der Waals surface area contributed by atoms with Gasteiger partial charge < -0.3 is 4.90 Å². The van der Waals surface area contributed by atoms with Gasteiger partial charge in [-0.25, -0.2) is 18.4 Å². The summed E-state index contributed by atoms with van der Waals surface area (Å²) >= 11 is 0. The number of hydrogen-bond donors (Lipinski definition) is 0. The summed E-state index contributed by atoms with van der Waals surface area (Å²) in [4.78, 5) is 10.3. The van der Waals surface area contributed by atoms with Gasteiger partial charge in [0.05, 0.1) is 16.0 Å². The molecule has 1 saturated heterocycles. The Hall–Kier alpha value is -2.72. The molecule has 1 aromatic heterocycles. The third kappa shape index (κ3) is 3.72. The Morgan fingerprint density at radius 1 is 0.967 bits per heavy atom. The van der Waals surface area contributed by atoms with E-state index in [4.69, 9.17) is 0 Å². The van der Waals surface area contributed by atoms with E-state index in [1.54, 1.807) is 0 Å². The minimum atomic E-state index is -4.60. The third-order valence-electron chi connectivity index (χ3n) is 5.19. The Morgan fingerprint density at radius 2 is 1.67 bits per heavy atom. The molecule has 0 unspecified atom stereocenters. The summed E-state index contributed by atoms with van der Waals surface area (Å²) in [5.74, 6) is 0.731.